The topological polar surface area (TPSA) is 76.4 Å². The summed E-state index contributed by atoms with van der Waals surface area (Å²) < 4.78 is 5.13. The summed E-state index contributed by atoms with van der Waals surface area (Å²) in [5.74, 6) is 0.896. The van der Waals surface area contributed by atoms with E-state index in [1.165, 1.54) is 0 Å². The maximum Gasteiger partial charge on any atom is 0.319 e. The summed E-state index contributed by atoms with van der Waals surface area (Å²) in [5, 5.41) is 5.47. The van der Waals surface area contributed by atoms with E-state index in [1.807, 2.05) is 19.1 Å². The molecule has 5 nitrogen and oxygen atoms in total. The average Bonchev–Trinajstić information content (AvgIpc) is 2.36. The lowest BCUT2D eigenvalue weighted by Crippen LogP contribution is -2.34. The molecule has 0 saturated heterocycles. The van der Waals surface area contributed by atoms with Gasteiger partial charge in [0.25, 0.3) is 0 Å². The predicted octanol–water partition coefficient (Wildman–Crippen LogP) is 1.41. The van der Waals surface area contributed by atoms with Gasteiger partial charge in [-0.3, -0.25) is 0 Å². The third-order valence-corrected chi connectivity index (χ3v) is 2.37. The number of carbonyl (C=O) groups excluding carboxylic acids is 1. The molecule has 0 spiro atoms. The van der Waals surface area contributed by atoms with Gasteiger partial charge in [-0.1, -0.05) is 19.1 Å². The zero-order chi connectivity index (χ0) is 12.7. The minimum absolute atomic E-state index is 0.255. The van der Waals surface area contributed by atoms with Crippen LogP contribution in [0, 0.1) is 5.92 Å². The molecule has 0 saturated carbocycles. The van der Waals surface area contributed by atoms with Gasteiger partial charge >= 0.3 is 6.03 Å². The molecule has 94 valence electrons. The summed E-state index contributed by atoms with van der Waals surface area (Å²) >= 11 is 0. The minimum atomic E-state index is -0.255. The van der Waals surface area contributed by atoms with E-state index in [9.17, 15) is 4.79 Å². The lowest BCUT2D eigenvalue weighted by molar-refractivity contribution is 0.250. The monoisotopic (exact) mass is 237 g/mol. The molecule has 0 bridgehead atoms. The number of amides is 2. The molecule has 1 unspecified atom stereocenters. The summed E-state index contributed by atoms with van der Waals surface area (Å²) in [5.41, 5.74) is 6.11. The summed E-state index contributed by atoms with van der Waals surface area (Å²) in [4.78, 5) is 11.6. The number of urea groups is 1. The highest BCUT2D eigenvalue weighted by Gasteiger charge is 2.07. The largest absolute Gasteiger partial charge is 0.495 e. The first-order chi connectivity index (χ1) is 8.17. The Morgan fingerprint density at radius 3 is 2.82 bits per heavy atom. The molecule has 1 rings (SSSR count). The molecule has 0 radical (unpaired) electrons. The normalized spacial score (nSPS) is 11.7. The Kier molecular flexibility index (Phi) is 5.29. The van der Waals surface area contributed by atoms with Crippen LogP contribution in [0.1, 0.15) is 6.92 Å². The van der Waals surface area contributed by atoms with E-state index in [0.717, 1.165) is 0 Å². The molecule has 0 aromatic heterocycles. The van der Waals surface area contributed by atoms with Crippen LogP contribution in [-0.4, -0.2) is 26.2 Å². The zero-order valence-corrected chi connectivity index (χ0v) is 10.2. The maximum atomic E-state index is 11.6. The number of para-hydroxylation sites is 2. The molecule has 2 amide bonds. The van der Waals surface area contributed by atoms with Crippen LogP contribution in [0.4, 0.5) is 10.5 Å². The van der Waals surface area contributed by atoms with Crippen molar-refractivity contribution in [3.05, 3.63) is 24.3 Å². The van der Waals surface area contributed by atoms with Crippen molar-refractivity contribution >= 4 is 11.7 Å². The summed E-state index contributed by atoms with van der Waals surface area (Å²) in [7, 11) is 1.56. The molecular formula is C12H19N3O2. The number of rotatable bonds is 5. The second-order valence-corrected chi connectivity index (χ2v) is 3.88. The molecule has 1 atom stereocenters. The van der Waals surface area contributed by atoms with Crippen molar-refractivity contribution in [1.29, 1.82) is 0 Å². The number of benzene rings is 1. The first kappa shape index (κ1) is 13.3. The van der Waals surface area contributed by atoms with Crippen LogP contribution >= 0.6 is 0 Å². The third kappa shape index (κ3) is 4.32. The van der Waals surface area contributed by atoms with E-state index in [2.05, 4.69) is 10.6 Å². The van der Waals surface area contributed by atoms with E-state index in [-0.39, 0.29) is 11.9 Å². The average molecular weight is 237 g/mol. The van der Waals surface area contributed by atoms with Gasteiger partial charge < -0.3 is 21.1 Å². The van der Waals surface area contributed by atoms with Gasteiger partial charge in [0.2, 0.25) is 0 Å². The second kappa shape index (κ2) is 6.75. The number of methoxy groups -OCH3 is 1. The summed E-state index contributed by atoms with van der Waals surface area (Å²) in [6, 6.07) is 7.00. The van der Waals surface area contributed by atoms with Crippen molar-refractivity contribution in [2.45, 2.75) is 6.92 Å². The quantitative estimate of drug-likeness (QED) is 0.724. The van der Waals surface area contributed by atoms with Crippen molar-refractivity contribution in [3.8, 4) is 5.75 Å². The first-order valence-electron chi connectivity index (χ1n) is 5.55. The number of nitrogens with one attached hydrogen (secondary N) is 2. The van der Waals surface area contributed by atoms with Gasteiger partial charge in [0.05, 0.1) is 12.8 Å². The SMILES string of the molecule is COc1ccccc1NC(=O)NCC(C)CN. The van der Waals surface area contributed by atoms with E-state index in [1.54, 1.807) is 19.2 Å². The molecule has 0 fully saturated rings. The van der Waals surface area contributed by atoms with Crippen LogP contribution in [0.3, 0.4) is 0 Å². The van der Waals surface area contributed by atoms with Crippen LogP contribution in [0.5, 0.6) is 5.75 Å². The fourth-order valence-corrected chi connectivity index (χ4v) is 1.26. The minimum Gasteiger partial charge on any atom is -0.495 e. The highest BCUT2D eigenvalue weighted by Crippen LogP contribution is 2.22. The maximum absolute atomic E-state index is 11.6. The molecule has 0 aliphatic rings. The molecule has 0 aliphatic carbocycles. The molecule has 0 heterocycles. The molecule has 1 aromatic carbocycles. The van der Waals surface area contributed by atoms with Crippen LogP contribution in [-0.2, 0) is 0 Å². The Labute approximate surface area is 101 Å². The Morgan fingerprint density at radius 2 is 2.18 bits per heavy atom. The Bertz CT molecular complexity index is 369. The molecule has 5 heteroatoms. The van der Waals surface area contributed by atoms with Gasteiger partial charge in [-0.05, 0) is 24.6 Å². The van der Waals surface area contributed by atoms with Gasteiger partial charge in [-0.25, -0.2) is 4.79 Å². The predicted molar refractivity (Wildman–Crippen MR) is 68.2 cm³/mol. The fraction of sp³-hybridized carbons (Fsp3) is 0.417. The van der Waals surface area contributed by atoms with Crippen molar-refractivity contribution in [1.82, 2.24) is 5.32 Å². The van der Waals surface area contributed by atoms with Crippen LogP contribution < -0.4 is 21.1 Å². The van der Waals surface area contributed by atoms with Gasteiger partial charge in [0.15, 0.2) is 0 Å². The van der Waals surface area contributed by atoms with Gasteiger partial charge in [-0.15, -0.1) is 0 Å². The van der Waals surface area contributed by atoms with Gasteiger partial charge in [0.1, 0.15) is 5.75 Å². The third-order valence-electron chi connectivity index (χ3n) is 2.37. The number of ether oxygens (including phenoxy) is 1. The van der Waals surface area contributed by atoms with Crippen molar-refractivity contribution < 1.29 is 9.53 Å². The van der Waals surface area contributed by atoms with Crippen LogP contribution in [0.25, 0.3) is 0 Å². The lowest BCUT2D eigenvalue weighted by Gasteiger charge is -2.13. The highest BCUT2D eigenvalue weighted by atomic mass is 16.5. The Balaban J connectivity index is 2.50. The lowest BCUT2D eigenvalue weighted by atomic mass is 10.2. The van der Waals surface area contributed by atoms with Crippen molar-refractivity contribution in [3.63, 3.8) is 0 Å². The molecular weight excluding hydrogens is 218 g/mol. The Morgan fingerprint density at radius 1 is 1.47 bits per heavy atom. The first-order valence-corrected chi connectivity index (χ1v) is 5.55. The van der Waals surface area contributed by atoms with Crippen molar-refractivity contribution in [2.75, 3.05) is 25.5 Å². The molecule has 4 N–H and O–H groups in total. The summed E-state index contributed by atoms with van der Waals surface area (Å²) in [6.07, 6.45) is 0. The summed E-state index contributed by atoms with van der Waals surface area (Å²) in [6.45, 7) is 3.08. The van der Waals surface area contributed by atoms with Crippen molar-refractivity contribution in [2.24, 2.45) is 11.7 Å². The van der Waals surface area contributed by atoms with E-state index in [0.29, 0.717) is 24.5 Å². The number of nitrogens with two attached hydrogens (primary N) is 1. The number of hydrogen-bond acceptors (Lipinski definition) is 3. The highest BCUT2D eigenvalue weighted by molar-refractivity contribution is 5.90. The van der Waals surface area contributed by atoms with E-state index in [4.69, 9.17) is 10.5 Å². The second-order valence-electron chi connectivity index (χ2n) is 3.88. The molecule has 1 aromatic rings. The van der Waals surface area contributed by atoms with Gasteiger partial charge in [-0.2, -0.15) is 0 Å². The number of carbonyl (C=O) groups is 1. The zero-order valence-electron chi connectivity index (χ0n) is 10.2. The Hall–Kier alpha value is -1.75. The fourth-order valence-electron chi connectivity index (χ4n) is 1.26. The molecule has 0 aliphatic heterocycles. The smallest absolute Gasteiger partial charge is 0.319 e. The molecule has 17 heavy (non-hydrogen) atoms. The number of anilines is 1. The van der Waals surface area contributed by atoms with E-state index < -0.39 is 0 Å². The van der Waals surface area contributed by atoms with Gasteiger partial charge in [0, 0.05) is 6.54 Å². The number of hydrogen-bond donors (Lipinski definition) is 3. The standard InChI is InChI=1S/C12H19N3O2/c1-9(7-13)8-14-12(16)15-10-5-3-4-6-11(10)17-2/h3-6,9H,7-8,13H2,1-2H3,(H2,14,15,16). The van der Waals surface area contributed by atoms with Crippen LogP contribution in [0.2, 0.25) is 0 Å². The van der Waals surface area contributed by atoms with Crippen LogP contribution in [0.15, 0.2) is 24.3 Å². The van der Waals surface area contributed by atoms with E-state index >= 15 is 0 Å².